The summed E-state index contributed by atoms with van der Waals surface area (Å²) in [5.74, 6) is 0.113. The SMILES string of the molecule is CN1C[C@@H]1Cc1ccc(C(F)(F)F)cc1.COCc1nc(N(C[C@H](Cc2ccc(C(F)(F)F)cc2)NS(=O)(=O)c2ccc([N+](=O)[O-])cc2)C(C)=O)sc1-c1nc2ccncc2s1.COCc1nc(NC(C)=O)sc1-c1nc2ccncc2s1.ClCCN1CCOCC1. The zero-order chi connectivity index (χ0) is 66.3. The van der Waals surface area contributed by atoms with E-state index in [4.69, 9.17) is 25.8 Å². The average Bonchev–Trinajstić information content (AvgIpc) is 1.61. The smallest absolute Gasteiger partial charge is 0.379 e. The molecular formula is C59H61ClF6N12O9S5. The van der Waals surface area contributed by atoms with Gasteiger partial charge in [0.25, 0.3) is 5.69 Å². The third-order valence-corrected chi connectivity index (χ3v) is 19.9. The molecule has 33 heteroatoms. The van der Waals surface area contributed by atoms with Crippen LogP contribution in [0.25, 0.3) is 40.2 Å². The first-order chi connectivity index (χ1) is 43.8. The maximum Gasteiger partial charge on any atom is 0.416 e. The number of rotatable bonds is 20. The third kappa shape index (κ3) is 20.0. The fraction of sp³-hybridized carbons (Fsp3) is 0.356. The third-order valence-electron chi connectivity index (χ3n) is 13.7. The Morgan fingerprint density at radius 2 is 1.29 bits per heavy atom. The summed E-state index contributed by atoms with van der Waals surface area (Å²) >= 11 is 11.0. The number of anilines is 2. The fourth-order valence-electron chi connectivity index (χ4n) is 8.97. The second-order valence-electron chi connectivity index (χ2n) is 20.6. The molecule has 2 saturated heterocycles. The number of nitro benzene ring substituents is 1. The number of pyridine rings is 2. The predicted molar refractivity (Wildman–Crippen MR) is 343 cm³/mol. The maximum atomic E-state index is 13.4. The van der Waals surface area contributed by atoms with E-state index < -0.39 is 50.4 Å². The first-order valence-corrected chi connectivity index (χ1v) is 33.2. The fourth-order valence-corrected chi connectivity index (χ4v) is 14.6. The van der Waals surface area contributed by atoms with Crippen molar-refractivity contribution in [3.8, 4) is 19.8 Å². The van der Waals surface area contributed by atoms with Gasteiger partial charge in [0.2, 0.25) is 21.8 Å². The van der Waals surface area contributed by atoms with Crippen molar-refractivity contribution in [2.24, 2.45) is 0 Å². The second kappa shape index (κ2) is 32.2. The highest BCUT2D eigenvalue weighted by Crippen LogP contribution is 2.41. The van der Waals surface area contributed by atoms with Gasteiger partial charge in [0.1, 0.15) is 10.0 Å². The molecule has 0 saturated carbocycles. The topological polar surface area (TPSA) is 250 Å². The quantitative estimate of drug-likeness (QED) is 0.0237. The van der Waals surface area contributed by atoms with E-state index in [1.807, 2.05) is 13.1 Å². The van der Waals surface area contributed by atoms with Gasteiger partial charge >= 0.3 is 12.4 Å². The van der Waals surface area contributed by atoms with E-state index in [2.05, 4.69) is 49.7 Å². The molecule has 3 aromatic carbocycles. The standard InChI is InChI=1S/C29H25F3N6O6S3.C13H12N4O2S2.C11H12F3N.C6H12ClNO/c1-17(39)37(28-35-24(16-44-2)26(46-28)27-34-23-11-12-33-14-25(23)45-27)15-20(13-18-3-5-19(6-4-18)29(30,31)32)36-47(42,43)22-9-7-21(8-10-22)38(40)41;1-7(18)15-13-17-9(6-19-2)11(21-13)12-16-8-3-4-14-5-10(8)20-12;1-15-7-10(15)6-8-2-4-9(5-3-8)11(12,13)14;7-1-2-8-3-5-9-6-4-8/h3-12,14,20,36H,13,15-16H2,1-2H3;3-5H,6H2,1-2H3,(H,15,17,18);2-5,10H,6-7H2,1H3;1-6H2/t20-;;10-,15?;/m0.0./s1. The van der Waals surface area contributed by atoms with Crippen LogP contribution in [0.5, 0.6) is 0 Å². The summed E-state index contributed by atoms with van der Waals surface area (Å²) in [5.41, 5.74) is 2.47. The van der Waals surface area contributed by atoms with Crippen LogP contribution in [0.2, 0.25) is 0 Å². The lowest BCUT2D eigenvalue weighted by Crippen LogP contribution is -2.46. The van der Waals surface area contributed by atoms with Crippen molar-refractivity contribution in [2.45, 2.75) is 69.2 Å². The van der Waals surface area contributed by atoms with E-state index in [9.17, 15) is 54.5 Å². The van der Waals surface area contributed by atoms with Crippen molar-refractivity contribution in [2.75, 3.05) is 83.3 Å². The van der Waals surface area contributed by atoms with Gasteiger partial charge in [-0.2, -0.15) is 26.3 Å². The Labute approximate surface area is 545 Å². The lowest BCUT2D eigenvalue weighted by molar-refractivity contribution is -0.384. The van der Waals surface area contributed by atoms with Crippen molar-refractivity contribution >= 4 is 115 Å². The Balaban J connectivity index is 0.000000195. The van der Waals surface area contributed by atoms with Gasteiger partial charge in [0.15, 0.2) is 10.3 Å². The largest absolute Gasteiger partial charge is 0.416 e. The summed E-state index contributed by atoms with van der Waals surface area (Å²) < 4.78 is 123. The molecule has 2 aliphatic rings. The molecule has 2 N–H and O–H groups in total. The number of morpholine rings is 1. The maximum absolute atomic E-state index is 13.4. The number of alkyl halides is 7. The lowest BCUT2D eigenvalue weighted by atomic mass is 10.0. The van der Waals surface area contributed by atoms with Gasteiger partial charge in [-0.05, 0) is 79.5 Å². The summed E-state index contributed by atoms with van der Waals surface area (Å²) in [4.78, 5) is 68.2. The van der Waals surface area contributed by atoms with Crippen LogP contribution in [0.15, 0.2) is 115 Å². The van der Waals surface area contributed by atoms with Crippen LogP contribution in [-0.2, 0) is 72.2 Å². The van der Waals surface area contributed by atoms with Gasteiger partial charge < -0.3 is 24.4 Å². The number of nitro groups is 1. The minimum absolute atomic E-state index is 0.0908. The molecule has 0 radical (unpaired) electrons. The summed E-state index contributed by atoms with van der Waals surface area (Å²) in [6, 6.07) is 17.0. The van der Waals surface area contributed by atoms with Gasteiger partial charge in [-0.25, -0.2) is 33.1 Å². The van der Waals surface area contributed by atoms with Gasteiger partial charge in [-0.3, -0.25) is 39.5 Å². The molecule has 6 aromatic heterocycles. The molecule has 0 spiro atoms. The Bertz CT molecular complexity index is 3970. The monoisotopic (exact) mass is 1390 g/mol. The molecule has 21 nitrogen and oxygen atoms in total. The number of fused-ring (bicyclic) bond motifs is 2. The van der Waals surface area contributed by atoms with Crippen molar-refractivity contribution < 1.29 is 63.5 Å². The number of thiazole rings is 4. The molecule has 2 fully saturated rings. The summed E-state index contributed by atoms with van der Waals surface area (Å²) in [5, 5.41) is 16.0. The van der Waals surface area contributed by atoms with E-state index in [0.717, 1.165) is 153 Å². The van der Waals surface area contributed by atoms with Crippen molar-refractivity contribution in [1.29, 1.82) is 0 Å². The lowest BCUT2D eigenvalue weighted by Gasteiger charge is -2.26. The minimum atomic E-state index is -4.57. The number of benzene rings is 3. The van der Waals surface area contributed by atoms with Gasteiger partial charge in [-0.1, -0.05) is 46.9 Å². The molecule has 11 rings (SSSR count). The molecule has 8 heterocycles. The number of hydrogen-bond donors (Lipinski definition) is 2. The van der Waals surface area contributed by atoms with E-state index in [-0.39, 0.29) is 41.2 Å². The van der Waals surface area contributed by atoms with E-state index in [1.54, 1.807) is 61.4 Å². The molecule has 9 aromatic rings. The van der Waals surface area contributed by atoms with Crippen LogP contribution in [0.3, 0.4) is 0 Å². The van der Waals surface area contributed by atoms with Crippen LogP contribution in [-0.4, -0.2) is 150 Å². The van der Waals surface area contributed by atoms with E-state index in [0.29, 0.717) is 38.9 Å². The number of carbonyl (C=O) groups is 2. The Morgan fingerprint density at radius 3 is 1.76 bits per heavy atom. The number of aromatic nitrogens is 6. The number of ether oxygens (including phenoxy) is 3. The van der Waals surface area contributed by atoms with Crippen LogP contribution < -0.4 is 14.9 Å². The summed E-state index contributed by atoms with van der Waals surface area (Å²) in [6.45, 7) is 8.83. The molecule has 0 bridgehead atoms. The van der Waals surface area contributed by atoms with Crippen molar-refractivity contribution in [3.05, 3.63) is 153 Å². The summed E-state index contributed by atoms with van der Waals surface area (Å²) in [7, 11) is 0.792. The van der Waals surface area contributed by atoms with Crippen LogP contribution in [0.1, 0.15) is 47.5 Å². The van der Waals surface area contributed by atoms with E-state index in [1.165, 1.54) is 60.7 Å². The van der Waals surface area contributed by atoms with Crippen molar-refractivity contribution in [3.63, 3.8) is 0 Å². The zero-order valence-corrected chi connectivity index (χ0v) is 54.7. The van der Waals surface area contributed by atoms with Gasteiger partial charge in [0, 0.05) is 116 Å². The highest BCUT2D eigenvalue weighted by molar-refractivity contribution is 7.89. The number of methoxy groups -OCH3 is 2. The Kier molecular flexibility index (Phi) is 24.8. The normalized spacial score (nSPS) is 15.3. The summed E-state index contributed by atoms with van der Waals surface area (Å²) in [6.07, 6.45) is -1.25. The molecule has 92 heavy (non-hydrogen) atoms. The number of nitrogens with one attached hydrogen (secondary N) is 2. The van der Waals surface area contributed by atoms with Crippen LogP contribution >= 0.6 is 56.9 Å². The Morgan fingerprint density at radius 1 is 0.772 bits per heavy atom. The predicted octanol–water partition coefficient (Wildman–Crippen LogP) is 11.9. The highest BCUT2D eigenvalue weighted by atomic mass is 35.5. The zero-order valence-electron chi connectivity index (χ0n) is 49.9. The molecule has 2 amide bonds. The number of hydrogen-bond acceptors (Lipinski definition) is 21. The molecule has 0 aliphatic carbocycles. The molecular weight excluding hydrogens is 1330 g/mol. The molecule has 3 atom stereocenters. The van der Waals surface area contributed by atoms with Crippen molar-refractivity contribution in [1.82, 2.24) is 44.4 Å². The van der Waals surface area contributed by atoms with Crippen LogP contribution in [0.4, 0.5) is 42.3 Å². The molecule has 2 aliphatic heterocycles. The number of halogens is 7. The first-order valence-electron chi connectivity index (χ1n) is 27.9. The number of carbonyl (C=O) groups excluding carboxylic acids is 2. The van der Waals surface area contributed by atoms with Gasteiger partial charge in [-0.15, -0.1) is 34.3 Å². The van der Waals surface area contributed by atoms with Gasteiger partial charge in [0.05, 0.1) is 88.9 Å². The average molecular weight is 1390 g/mol. The minimum Gasteiger partial charge on any atom is -0.379 e. The number of non-ortho nitro benzene ring substituents is 1. The highest BCUT2D eigenvalue weighted by Gasteiger charge is 2.34. The number of amides is 2. The Hall–Kier alpha value is -7.08. The van der Waals surface area contributed by atoms with Crippen LogP contribution in [0, 0.1) is 10.1 Å². The second-order valence-corrected chi connectivity index (χ2v) is 26.7. The molecule has 1 unspecified atom stereocenters. The first kappa shape index (κ1) is 70.8. The number of nitrogens with zero attached hydrogens (tertiary/aromatic N) is 10. The molecule has 490 valence electrons. The number of likely N-dealkylation sites (N-methyl/N-ethyl adjacent to an activating group) is 1. The van der Waals surface area contributed by atoms with E-state index >= 15 is 0 Å². The number of sulfonamides is 1.